The van der Waals surface area contributed by atoms with Crippen molar-refractivity contribution in [3.63, 3.8) is 0 Å². The summed E-state index contributed by atoms with van der Waals surface area (Å²) in [7, 11) is 0. The molecule has 15 heavy (non-hydrogen) atoms. The summed E-state index contributed by atoms with van der Waals surface area (Å²) >= 11 is 0. The fraction of sp³-hybridized carbons (Fsp3) is 0. The molecular formula is C10H7FN4. The van der Waals surface area contributed by atoms with Crippen LogP contribution in [0.4, 0.5) is 15.8 Å². The van der Waals surface area contributed by atoms with E-state index >= 15 is 0 Å². The molecule has 0 bridgehead atoms. The van der Waals surface area contributed by atoms with Crippen LogP contribution in [0.5, 0.6) is 0 Å². The number of nitriles is 1. The molecule has 0 saturated carbocycles. The molecule has 2 rings (SSSR count). The predicted molar refractivity (Wildman–Crippen MR) is 53.0 cm³/mol. The number of aromatic nitrogens is 2. The molecule has 0 spiro atoms. The number of benzene rings is 1. The van der Waals surface area contributed by atoms with Crippen LogP contribution < -0.4 is 5.32 Å². The number of rotatable bonds is 2. The number of hydrogen-bond acceptors (Lipinski definition) is 3. The van der Waals surface area contributed by atoms with Gasteiger partial charge in [-0.05, 0) is 18.2 Å². The van der Waals surface area contributed by atoms with Crippen LogP contribution in [-0.4, -0.2) is 10.2 Å². The van der Waals surface area contributed by atoms with Gasteiger partial charge in [0.1, 0.15) is 5.82 Å². The molecule has 0 atom stereocenters. The summed E-state index contributed by atoms with van der Waals surface area (Å²) in [6, 6.07) is 6.07. The summed E-state index contributed by atoms with van der Waals surface area (Å²) in [6.45, 7) is 0. The van der Waals surface area contributed by atoms with Crippen molar-refractivity contribution in [2.75, 3.05) is 5.32 Å². The van der Waals surface area contributed by atoms with E-state index < -0.39 is 5.82 Å². The Bertz CT molecular complexity index is 499. The minimum absolute atomic E-state index is 0.260. The number of halogens is 1. The van der Waals surface area contributed by atoms with Gasteiger partial charge >= 0.3 is 0 Å². The highest BCUT2D eigenvalue weighted by atomic mass is 19.1. The quantitative estimate of drug-likeness (QED) is 0.784. The molecule has 0 saturated heterocycles. The lowest BCUT2D eigenvalue weighted by molar-refractivity contribution is 0.632. The number of nitrogens with zero attached hydrogens (tertiary/aromatic N) is 2. The minimum Gasteiger partial charge on any atom is -0.351 e. The first-order valence-electron chi connectivity index (χ1n) is 4.25. The second-order valence-electron chi connectivity index (χ2n) is 2.92. The summed E-state index contributed by atoms with van der Waals surface area (Å²) in [4.78, 5) is 0. The van der Waals surface area contributed by atoms with Crippen LogP contribution in [0, 0.1) is 17.1 Å². The summed E-state index contributed by atoms with van der Waals surface area (Å²) in [5.74, 6) is -0.407. The Morgan fingerprint density at radius 3 is 3.00 bits per heavy atom. The van der Waals surface area contributed by atoms with Crippen molar-refractivity contribution in [3.05, 3.63) is 42.0 Å². The SMILES string of the molecule is N#Cc1ccc(F)c(Nc2cn[nH]c2)c1. The Balaban J connectivity index is 2.32. The first-order chi connectivity index (χ1) is 7.29. The lowest BCUT2D eigenvalue weighted by Crippen LogP contribution is -1.93. The number of aromatic amines is 1. The van der Waals surface area contributed by atoms with E-state index in [9.17, 15) is 4.39 Å². The molecule has 74 valence electrons. The van der Waals surface area contributed by atoms with Crippen molar-refractivity contribution in [3.8, 4) is 6.07 Å². The number of hydrogen-bond donors (Lipinski definition) is 2. The first kappa shape index (κ1) is 9.21. The smallest absolute Gasteiger partial charge is 0.146 e. The van der Waals surface area contributed by atoms with Gasteiger partial charge in [0, 0.05) is 6.20 Å². The Morgan fingerprint density at radius 2 is 2.33 bits per heavy atom. The van der Waals surface area contributed by atoms with Crippen molar-refractivity contribution < 1.29 is 4.39 Å². The van der Waals surface area contributed by atoms with Gasteiger partial charge in [-0.25, -0.2) is 4.39 Å². The molecule has 0 fully saturated rings. The van der Waals surface area contributed by atoms with Crippen molar-refractivity contribution in [2.24, 2.45) is 0 Å². The zero-order chi connectivity index (χ0) is 10.7. The first-order valence-corrected chi connectivity index (χ1v) is 4.25. The highest BCUT2D eigenvalue weighted by molar-refractivity contribution is 5.60. The number of nitrogens with one attached hydrogen (secondary N) is 2. The molecular weight excluding hydrogens is 195 g/mol. The third-order valence-corrected chi connectivity index (χ3v) is 1.87. The summed E-state index contributed by atoms with van der Waals surface area (Å²) in [6.07, 6.45) is 3.12. The van der Waals surface area contributed by atoms with Crippen molar-refractivity contribution in [1.29, 1.82) is 5.26 Å². The number of H-pyrrole nitrogens is 1. The average molecular weight is 202 g/mol. The van der Waals surface area contributed by atoms with Crippen molar-refractivity contribution >= 4 is 11.4 Å². The average Bonchev–Trinajstić information content (AvgIpc) is 2.74. The minimum atomic E-state index is -0.407. The van der Waals surface area contributed by atoms with Gasteiger partial charge in [0.25, 0.3) is 0 Å². The van der Waals surface area contributed by atoms with Crippen LogP contribution in [0.1, 0.15) is 5.56 Å². The molecule has 4 nitrogen and oxygen atoms in total. The van der Waals surface area contributed by atoms with Crippen molar-refractivity contribution in [2.45, 2.75) is 0 Å². The standard InChI is InChI=1S/C10H7FN4/c11-9-2-1-7(4-12)3-10(9)15-8-5-13-14-6-8/h1-3,5-6,15H,(H,13,14). The molecule has 0 aliphatic heterocycles. The van der Waals surface area contributed by atoms with Crippen molar-refractivity contribution in [1.82, 2.24) is 10.2 Å². The Labute approximate surface area is 85.4 Å². The van der Waals surface area contributed by atoms with Crippen LogP contribution in [-0.2, 0) is 0 Å². The second-order valence-corrected chi connectivity index (χ2v) is 2.92. The zero-order valence-corrected chi connectivity index (χ0v) is 7.66. The van der Waals surface area contributed by atoms with E-state index in [1.807, 2.05) is 6.07 Å². The van der Waals surface area contributed by atoms with Gasteiger partial charge in [-0.1, -0.05) is 0 Å². The van der Waals surface area contributed by atoms with E-state index in [2.05, 4.69) is 15.5 Å². The van der Waals surface area contributed by atoms with Gasteiger partial charge in [-0.15, -0.1) is 0 Å². The van der Waals surface area contributed by atoms with E-state index in [4.69, 9.17) is 5.26 Å². The second kappa shape index (κ2) is 3.80. The highest BCUT2D eigenvalue weighted by Crippen LogP contribution is 2.19. The molecule has 0 amide bonds. The van der Waals surface area contributed by atoms with Crippen LogP contribution >= 0.6 is 0 Å². The van der Waals surface area contributed by atoms with Crippen LogP contribution in [0.25, 0.3) is 0 Å². The maximum Gasteiger partial charge on any atom is 0.146 e. The normalized spacial score (nSPS) is 9.60. The fourth-order valence-electron chi connectivity index (χ4n) is 1.17. The predicted octanol–water partition coefficient (Wildman–Crippen LogP) is 2.16. The molecule has 5 heteroatoms. The Morgan fingerprint density at radius 1 is 1.47 bits per heavy atom. The third kappa shape index (κ3) is 1.94. The van der Waals surface area contributed by atoms with Gasteiger partial charge in [-0.3, -0.25) is 5.10 Å². The van der Waals surface area contributed by atoms with E-state index in [-0.39, 0.29) is 5.69 Å². The summed E-state index contributed by atoms with van der Waals surface area (Å²) in [5, 5.41) is 17.8. The van der Waals surface area contributed by atoms with Crippen LogP contribution in [0.15, 0.2) is 30.6 Å². The van der Waals surface area contributed by atoms with Gasteiger partial charge in [0.15, 0.2) is 0 Å². The van der Waals surface area contributed by atoms with Gasteiger partial charge in [0.05, 0.1) is 29.2 Å². The maximum atomic E-state index is 13.3. The monoisotopic (exact) mass is 202 g/mol. The van der Waals surface area contributed by atoms with Crippen LogP contribution in [0.2, 0.25) is 0 Å². The lowest BCUT2D eigenvalue weighted by atomic mass is 10.2. The Hall–Kier alpha value is -2.35. The van der Waals surface area contributed by atoms with E-state index in [1.165, 1.54) is 24.4 Å². The molecule has 0 unspecified atom stereocenters. The van der Waals surface area contributed by atoms with Gasteiger partial charge in [-0.2, -0.15) is 10.4 Å². The molecule has 2 aromatic rings. The number of anilines is 2. The van der Waals surface area contributed by atoms with E-state index in [0.717, 1.165) is 0 Å². The van der Waals surface area contributed by atoms with E-state index in [1.54, 1.807) is 6.20 Å². The highest BCUT2D eigenvalue weighted by Gasteiger charge is 2.04. The van der Waals surface area contributed by atoms with Crippen LogP contribution in [0.3, 0.4) is 0 Å². The zero-order valence-electron chi connectivity index (χ0n) is 7.66. The molecule has 0 radical (unpaired) electrons. The largest absolute Gasteiger partial charge is 0.351 e. The maximum absolute atomic E-state index is 13.3. The molecule has 0 aliphatic carbocycles. The van der Waals surface area contributed by atoms with Gasteiger partial charge < -0.3 is 5.32 Å². The van der Waals surface area contributed by atoms with Gasteiger partial charge in [0.2, 0.25) is 0 Å². The Kier molecular flexibility index (Phi) is 2.33. The summed E-state index contributed by atoms with van der Waals surface area (Å²) in [5.41, 5.74) is 1.31. The molecule has 2 N–H and O–H groups in total. The topological polar surface area (TPSA) is 64.5 Å². The lowest BCUT2D eigenvalue weighted by Gasteiger charge is -2.04. The fourth-order valence-corrected chi connectivity index (χ4v) is 1.17. The third-order valence-electron chi connectivity index (χ3n) is 1.87. The molecule has 1 heterocycles. The summed E-state index contributed by atoms with van der Waals surface area (Å²) < 4.78 is 13.3. The molecule has 0 aliphatic rings. The molecule has 1 aromatic carbocycles. The molecule has 1 aromatic heterocycles. The van der Waals surface area contributed by atoms with E-state index in [0.29, 0.717) is 11.3 Å².